The first-order valence-corrected chi connectivity index (χ1v) is 4.15. The second-order valence-corrected chi connectivity index (χ2v) is 3.00. The lowest BCUT2D eigenvalue weighted by Crippen LogP contribution is -2.19. The third kappa shape index (κ3) is 1.69. The van der Waals surface area contributed by atoms with Gasteiger partial charge in [0, 0.05) is 26.8 Å². The van der Waals surface area contributed by atoms with Crippen LogP contribution >= 0.6 is 0 Å². The summed E-state index contributed by atoms with van der Waals surface area (Å²) in [5.41, 5.74) is 6.49. The van der Waals surface area contributed by atoms with Crippen LogP contribution in [0.2, 0.25) is 0 Å². The van der Waals surface area contributed by atoms with E-state index >= 15 is 0 Å². The topological polar surface area (TPSA) is 47.1 Å². The highest BCUT2D eigenvalue weighted by molar-refractivity contribution is 5.61. The van der Waals surface area contributed by atoms with Crippen LogP contribution in [-0.4, -0.2) is 23.4 Å². The largest absolute Gasteiger partial charge is 0.394 e. The van der Waals surface area contributed by atoms with Gasteiger partial charge in [-0.15, -0.1) is 0 Å². The average Bonchev–Trinajstić information content (AvgIpc) is 2.30. The van der Waals surface area contributed by atoms with E-state index in [2.05, 4.69) is 16.9 Å². The number of rotatable bonds is 3. The second kappa shape index (κ2) is 3.47. The molecule has 0 bridgehead atoms. The van der Waals surface area contributed by atoms with Crippen molar-refractivity contribution in [2.24, 2.45) is 7.05 Å². The molecule has 0 atom stereocenters. The molecule has 0 amide bonds. The molecule has 0 spiro atoms. The fourth-order valence-corrected chi connectivity index (χ4v) is 1.23. The Kier molecular flexibility index (Phi) is 2.58. The molecule has 0 radical (unpaired) electrons. The molecule has 0 aliphatic rings. The van der Waals surface area contributed by atoms with Gasteiger partial charge in [0.15, 0.2) is 5.82 Å². The Morgan fingerprint density at radius 2 is 2.33 bits per heavy atom. The summed E-state index contributed by atoms with van der Waals surface area (Å²) in [5.74, 6) is 0.874. The number of hydrogen-bond donors (Lipinski definition) is 1. The van der Waals surface area contributed by atoms with Crippen LogP contribution in [0.4, 0.5) is 11.5 Å². The summed E-state index contributed by atoms with van der Waals surface area (Å²) in [7, 11) is 3.88. The molecule has 0 aliphatic heterocycles. The van der Waals surface area contributed by atoms with Gasteiger partial charge in [-0.3, -0.25) is 4.68 Å². The number of nitrogens with two attached hydrogens (primary N) is 1. The Morgan fingerprint density at radius 1 is 1.67 bits per heavy atom. The molecular weight excluding hydrogens is 152 g/mol. The number of nitrogens with zero attached hydrogens (tertiary/aromatic N) is 3. The average molecular weight is 168 g/mol. The molecule has 1 rings (SSSR count). The van der Waals surface area contributed by atoms with E-state index in [9.17, 15) is 0 Å². The summed E-state index contributed by atoms with van der Waals surface area (Å²) in [4.78, 5) is 2.06. The first-order chi connectivity index (χ1) is 5.65. The fraction of sp³-hybridized carbons (Fsp3) is 0.625. The SMILES string of the molecule is CCCN(C)c1nn(C)cc1N. The predicted octanol–water partition coefficient (Wildman–Crippen LogP) is 0.849. The zero-order valence-corrected chi connectivity index (χ0v) is 7.91. The van der Waals surface area contributed by atoms with Crippen molar-refractivity contribution in [3.05, 3.63) is 6.20 Å². The maximum atomic E-state index is 5.75. The van der Waals surface area contributed by atoms with Gasteiger partial charge < -0.3 is 10.6 Å². The minimum atomic E-state index is 0.744. The van der Waals surface area contributed by atoms with Gasteiger partial charge in [-0.25, -0.2) is 0 Å². The predicted molar refractivity (Wildman–Crippen MR) is 51.2 cm³/mol. The molecule has 4 heteroatoms. The highest BCUT2D eigenvalue weighted by Gasteiger charge is 2.07. The Hall–Kier alpha value is -1.19. The molecule has 1 heterocycles. The van der Waals surface area contributed by atoms with Gasteiger partial charge in [-0.1, -0.05) is 6.92 Å². The van der Waals surface area contributed by atoms with Crippen LogP contribution in [-0.2, 0) is 7.05 Å². The third-order valence-electron chi connectivity index (χ3n) is 1.76. The van der Waals surface area contributed by atoms with Crippen LogP contribution in [0.15, 0.2) is 6.20 Å². The summed E-state index contributed by atoms with van der Waals surface area (Å²) in [6, 6.07) is 0. The molecule has 2 N–H and O–H groups in total. The second-order valence-electron chi connectivity index (χ2n) is 3.00. The van der Waals surface area contributed by atoms with E-state index in [4.69, 9.17) is 5.73 Å². The van der Waals surface area contributed by atoms with Gasteiger partial charge in [0.25, 0.3) is 0 Å². The molecule has 0 aliphatic carbocycles. The molecule has 0 unspecified atom stereocenters. The van der Waals surface area contributed by atoms with E-state index in [0.717, 1.165) is 24.5 Å². The van der Waals surface area contributed by atoms with E-state index < -0.39 is 0 Å². The van der Waals surface area contributed by atoms with Crippen LogP contribution in [0.1, 0.15) is 13.3 Å². The highest BCUT2D eigenvalue weighted by atomic mass is 15.3. The first-order valence-electron chi connectivity index (χ1n) is 4.15. The number of aryl methyl sites for hydroxylation is 1. The van der Waals surface area contributed by atoms with Gasteiger partial charge in [0.1, 0.15) is 0 Å². The van der Waals surface area contributed by atoms with Gasteiger partial charge in [-0.05, 0) is 6.42 Å². The fourth-order valence-electron chi connectivity index (χ4n) is 1.23. The lowest BCUT2D eigenvalue weighted by Gasteiger charge is -2.15. The number of hydrogen-bond acceptors (Lipinski definition) is 3. The molecule has 0 fully saturated rings. The molecule has 0 saturated heterocycles. The lowest BCUT2D eigenvalue weighted by atomic mass is 10.4. The standard InChI is InChI=1S/C8H16N4/c1-4-5-11(2)8-7(9)6-12(3)10-8/h6H,4-5,9H2,1-3H3. The molecule has 0 aromatic carbocycles. The zero-order chi connectivity index (χ0) is 9.14. The lowest BCUT2D eigenvalue weighted by molar-refractivity contribution is 0.747. The van der Waals surface area contributed by atoms with E-state index in [0.29, 0.717) is 0 Å². The Bertz CT molecular complexity index is 254. The quantitative estimate of drug-likeness (QED) is 0.727. The van der Waals surface area contributed by atoms with Crippen LogP contribution in [0.25, 0.3) is 0 Å². The number of nitrogen functional groups attached to an aromatic ring is 1. The third-order valence-corrected chi connectivity index (χ3v) is 1.76. The Labute approximate surface area is 73.0 Å². The Morgan fingerprint density at radius 3 is 2.75 bits per heavy atom. The van der Waals surface area contributed by atoms with Crippen LogP contribution in [0.3, 0.4) is 0 Å². The molecular formula is C8H16N4. The summed E-state index contributed by atoms with van der Waals surface area (Å²) >= 11 is 0. The maximum absolute atomic E-state index is 5.75. The molecule has 12 heavy (non-hydrogen) atoms. The van der Waals surface area contributed by atoms with E-state index in [1.54, 1.807) is 4.68 Å². The van der Waals surface area contributed by atoms with Crippen molar-refractivity contribution in [3.63, 3.8) is 0 Å². The van der Waals surface area contributed by atoms with Crippen molar-refractivity contribution in [1.82, 2.24) is 9.78 Å². The number of anilines is 2. The van der Waals surface area contributed by atoms with Crippen molar-refractivity contribution in [3.8, 4) is 0 Å². The van der Waals surface area contributed by atoms with E-state index in [1.807, 2.05) is 20.3 Å². The van der Waals surface area contributed by atoms with Gasteiger partial charge in [0.05, 0.1) is 5.69 Å². The molecule has 68 valence electrons. The monoisotopic (exact) mass is 168 g/mol. The van der Waals surface area contributed by atoms with Gasteiger partial charge >= 0.3 is 0 Å². The summed E-state index contributed by atoms with van der Waals surface area (Å²) in [6.45, 7) is 3.12. The van der Waals surface area contributed by atoms with Crippen LogP contribution in [0.5, 0.6) is 0 Å². The minimum absolute atomic E-state index is 0.744. The minimum Gasteiger partial charge on any atom is -0.394 e. The highest BCUT2D eigenvalue weighted by Crippen LogP contribution is 2.18. The van der Waals surface area contributed by atoms with Gasteiger partial charge in [0.2, 0.25) is 0 Å². The smallest absolute Gasteiger partial charge is 0.173 e. The summed E-state index contributed by atoms with van der Waals surface area (Å²) < 4.78 is 1.73. The van der Waals surface area contributed by atoms with Crippen molar-refractivity contribution in [1.29, 1.82) is 0 Å². The molecule has 4 nitrogen and oxygen atoms in total. The zero-order valence-electron chi connectivity index (χ0n) is 7.91. The van der Waals surface area contributed by atoms with Gasteiger partial charge in [-0.2, -0.15) is 5.10 Å². The summed E-state index contributed by atoms with van der Waals surface area (Å²) in [6.07, 6.45) is 2.92. The Balaban J connectivity index is 2.79. The van der Waals surface area contributed by atoms with Crippen LogP contribution < -0.4 is 10.6 Å². The van der Waals surface area contributed by atoms with Crippen molar-refractivity contribution < 1.29 is 0 Å². The number of aromatic nitrogens is 2. The van der Waals surface area contributed by atoms with Crippen molar-refractivity contribution in [2.45, 2.75) is 13.3 Å². The molecule has 1 aromatic rings. The van der Waals surface area contributed by atoms with Crippen LogP contribution in [0, 0.1) is 0 Å². The van der Waals surface area contributed by atoms with Crippen molar-refractivity contribution >= 4 is 11.5 Å². The molecule has 0 saturated carbocycles. The normalized spacial score (nSPS) is 10.2. The first kappa shape index (κ1) is 8.90. The van der Waals surface area contributed by atoms with E-state index in [1.165, 1.54) is 0 Å². The summed E-state index contributed by atoms with van der Waals surface area (Å²) in [5, 5.41) is 4.25. The maximum Gasteiger partial charge on any atom is 0.173 e. The molecule has 1 aromatic heterocycles. The van der Waals surface area contributed by atoms with E-state index in [-0.39, 0.29) is 0 Å². The van der Waals surface area contributed by atoms with Crippen molar-refractivity contribution in [2.75, 3.05) is 24.2 Å².